The predicted octanol–water partition coefficient (Wildman–Crippen LogP) is 3.34. The van der Waals surface area contributed by atoms with Crippen molar-refractivity contribution in [1.82, 2.24) is 0 Å². The standard InChI is InChI=1S/C16H24O4/c1-3-15(17)19-13-11-9-7-5-6-8-10-12-14-20-16(18)4-2/h3-6H,1-2,7-14H2/b6-5+. The van der Waals surface area contributed by atoms with Crippen LogP contribution < -0.4 is 0 Å². The minimum Gasteiger partial charge on any atom is -0.463 e. The number of hydrogen-bond donors (Lipinski definition) is 0. The van der Waals surface area contributed by atoms with Crippen LogP contribution in [0.5, 0.6) is 0 Å². The van der Waals surface area contributed by atoms with Crippen molar-refractivity contribution in [2.75, 3.05) is 13.2 Å². The molecule has 0 saturated heterocycles. The monoisotopic (exact) mass is 280 g/mol. The first-order valence-corrected chi connectivity index (χ1v) is 6.94. The Labute approximate surface area is 121 Å². The summed E-state index contributed by atoms with van der Waals surface area (Å²) in [6.45, 7) is 7.56. The van der Waals surface area contributed by atoms with E-state index < -0.39 is 0 Å². The fourth-order valence-electron chi connectivity index (χ4n) is 1.43. The molecule has 0 bridgehead atoms. The van der Waals surface area contributed by atoms with Crippen LogP contribution in [0.3, 0.4) is 0 Å². The van der Waals surface area contributed by atoms with Crippen LogP contribution in [0.1, 0.15) is 38.5 Å². The molecule has 0 saturated carbocycles. The van der Waals surface area contributed by atoms with Crippen molar-refractivity contribution in [3.8, 4) is 0 Å². The van der Waals surface area contributed by atoms with E-state index >= 15 is 0 Å². The molecule has 4 heteroatoms. The van der Waals surface area contributed by atoms with Crippen LogP contribution in [0.25, 0.3) is 0 Å². The van der Waals surface area contributed by atoms with Crippen LogP contribution in [-0.4, -0.2) is 25.2 Å². The molecule has 0 amide bonds. The highest BCUT2D eigenvalue weighted by Gasteiger charge is 1.95. The van der Waals surface area contributed by atoms with Crippen LogP contribution in [0, 0.1) is 0 Å². The van der Waals surface area contributed by atoms with Crippen LogP contribution >= 0.6 is 0 Å². The zero-order valence-electron chi connectivity index (χ0n) is 12.0. The first-order valence-electron chi connectivity index (χ1n) is 6.94. The van der Waals surface area contributed by atoms with Gasteiger partial charge in [-0.2, -0.15) is 0 Å². The van der Waals surface area contributed by atoms with E-state index in [-0.39, 0.29) is 11.9 Å². The first-order chi connectivity index (χ1) is 9.70. The molecule has 0 aliphatic rings. The normalized spacial score (nSPS) is 10.2. The number of carbonyl (C=O) groups is 2. The van der Waals surface area contributed by atoms with Gasteiger partial charge in [-0.25, -0.2) is 9.59 Å². The number of rotatable bonds is 12. The summed E-state index contributed by atoms with van der Waals surface area (Å²) in [5.74, 6) is -0.726. The van der Waals surface area contributed by atoms with Crippen LogP contribution in [0.4, 0.5) is 0 Å². The molecule has 0 atom stereocenters. The molecule has 0 heterocycles. The van der Waals surface area contributed by atoms with Crippen LogP contribution in [0.2, 0.25) is 0 Å². The van der Waals surface area contributed by atoms with E-state index in [4.69, 9.17) is 9.47 Å². The summed E-state index contributed by atoms with van der Waals surface area (Å²) in [5, 5.41) is 0. The van der Waals surface area contributed by atoms with E-state index in [9.17, 15) is 9.59 Å². The Morgan fingerprint density at radius 1 is 0.750 bits per heavy atom. The molecule has 0 unspecified atom stereocenters. The van der Waals surface area contributed by atoms with Crippen molar-refractivity contribution in [1.29, 1.82) is 0 Å². The van der Waals surface area contributed by atoms with Gasteiger partial charge in [-0.1, -0.05) is 25.3 Å². The van der Waals surface area contributed by atoms with Crippen molar-refractivity contribution < 1.29 is 19.1 Å². The maximum atomic E-state index is 10.7. The van der Waals surface area contributed by atoms with E-state index in [1.807, 2.05) is 0 Å². The Hall–Kier alpha value is -1.84. The van der Waals surface area contributed by atoms with Crippen molar-refractivity contribution in [3.05, 3.63) is 37.5 Å². The smallest absolute Gasteiger partial charge is 0.330 e. The summed E-state index contributed by atoms with van der Waals surface area (Å²) in [7, 11) is 0. The van der Waals surface area contributed by atoms with Gasteiger partial charge in [0.15, 0.2) is 0 Å². The second kappa shape index (κ2) is 13.6. The molecule has 0 spiro atoms. The molecule has 0 aromatic heterocycles. The molecule has 0 aliphatic carbocycles. The largest absolute Gasteiger partial charge is 0.463 e. The highest BCUT2D eigenvalue weighted by molar-refractivity contribution is 5.81. The van der Waals surface area contributed by atoms with Gasteiger partial charge in [0, 0.05) is 12.2 Å². The van der Waals surface area contributed by atoms with Crippen molar-refractivity contribution in [3.63, 3.8) is 0 Å². The fraction of sp³-hybridized carbons (Fsp3) is 0.500. The Kier molecular flexibility index (Phi) is 12.3. The highest BCUT2D eigenvalue weighted by Crippen LogP contribution is 2.02. The van der Waals surface area contributed by atoms with E-state index in [0.29, 0.717) is 13.2 Å². The van der Waals surface area contributed by atoms with Crippen molar-refractivity contribution in [2.45, 2.75) is 38.5 Å². The van der Waals surface area contributed by atoms with Crippen LogP contribution in [-0.2, 0) is 19.1 Å². The minimum absolute atomic E-state index is 0.363. The maximum absolute atomic E-state index is 10.7. The Balaban J connectivity index is 3.24. The Morgan fingerprint density at radius 3 is 1.50 bits per heavy atom. The average molecular weight is 280 g/mol. The Bertz CT molecular complexity index is 299. The van der Waals surface area contributed by atoms with E-state index in [2.05, 4.69) is 25.3 Å². The minimum atomic E-state index is -0.363. The molecule has 112 valence electrons. The third-order valence-electron chi connectivity index (χ3n) is 2.52. The summed E-state index contributed by atoms with van der Waals surface area (Å²) in [5.41, 5.74) is 0. The zero-order valence-corrected chi connectivity index (χ0v) is 12.0. The molecule has 0 aromatic carbocycles. The van der Waals surface area contributed by atoms with Gasteiger partial charge < -0.3 is 9.47 Å². The van der Waals surface area contributed by atoms with Gasteiger partial charge in [0.1, 0.15) is 0 Å². The second-order valence-electron chi connectivity index (χ2n) is 4.21. The van der Waals surface area contributed by atoms with Crippen molar-refractivity contribution >= 4 is 11.9 Å². The lowest BCUT2D eigenvalue weighted by Crippen LogP contribution is -2.01. The topological polar surface area (TPSA) is 52.6 Å². The van der Waals surface area contributed by atoms with Crippen LogP contribution in [0.15, 0.2) is 37.5 Å². The highest BCUT2D eigenvalue weighted by atomic mass is 16.5. The molecule has 4 nitrogen and oxygen atoms in total. The SMILES string of the molecule is C=CC(=O)OCCCC/C=C/CCCCOC(=O)C=C. The number of carbonyl (C=O) groups excluding carboxylic acids is 2. The number of unbranched alkanes of at least 4 members (excludes halogenated alkanes) is 4. The van der Waals surface area contributed by atoms with Gasteiger partial charge in [-0.05, 0) is 38.5 Å². The van der Waals surface area contributed by atoms with E-state index in [0.717, 1.165) is 38.5 Å². The molecule has 0 rings (SSSR count). The van der Waals surface area contributed by atoms with Gasteiger partial charge in [-0.15, -0.1) is 0 Å². The van der Waals surface area contributed by atoms with Gasteiger partial charge in [0.25, 0.3) is 0 Å². The maximum Gasteiger partial charge on any atom is 0.330 e. The summed E-state index contributed by atoms with van der Waals surface area (Å²) in [6.07, 6.45) is 12.3. The molecular formula is C16H24O4. The zero-order chi connectivity index (χ0) is 15.1. The molecule has 0 radical (unpaired) electrons. The predicted molar refractivity (Wildman–Crippen MR) is 79.2 cm³/mol. The lowest BCUT2D eigenvalue weighted by atomic mass is 10.2. The number of hydrogen-bond acceptors (Lipinski definition) is 4. The quantitative estimate of drug-likeness (QED) is 0.238. The molecule has 0 N–H and O–H groups in total. The number of esters is 2. The summed E-state index contributed by atoms with van der Waals surface area (Å²) in [4.78, 5) is 21.5. The summed E-state index contributed by atoms with van der Waals surface area (Å²) in [6, 6.07) is 0. The lowest BCUT2D eigenvalue weighted by Gasteiger charge is -2.00. The third kappa shape index (κ3) is 12.6. The van der Waals surface area contributed by atoms with Gasteiger partial charge in [-0.3, -0.25) is 0 Å². The number of allylic oxidation sites excluding steroid dienone is 2. The summed E-state index contributed by atoms with van der Waals surface area (Å²) >= 11 is 0. The fourth-order valence-corrected chi connectivity index (χ4v) is 1.43. The third-order valence-corrected chi connectivity index (χ3v) is 2.52. The van der Waals surface area contributed by atoms with Gasteiger partial charge >= 0.3 is 11.9 Å². The molecule has 0 aromatic rings. The molecular weight excluding hydrogens is 256 g/mol. The van der Waals surface area contributed by atoms with Gasteiger partial charge in [0.2, 0.25) is 0 Å². The van der Waals surface area contributed by atoms with Crippen molar-refractivity contribution in [2.24, 2.45) is 0 Å². The second-order valence-corrected chi connectivity index (χ2v) is 4.21. The van der Waals surface area contributed by atoms with Gasteiger partial charge in [0.05, 0.1) is 13.2 Å². The molecule has 0 fully saturated rings. The molecule has 0 aliphatic heterocycles. The average Bonchev–Trinajstić information content (AvgIpc) is 2.47. The lowest BCUT2D eigenvalue weighted by molar-refractivity contribution is -0.138. The first kappa shape index (κ1) is 18.2. The van der Waals surface area contributed by atoms with E-state index in [1.165, 1.54) is 12.2 Å². The summed E-state index contributed by atoms with van der Waals surface area (Å²) < 4.78 is 9.72. The molecule has 20 heavy (non-hydrogen) atoms. The Morgan fingerprint density at radius 2 is 1.15 bits per heavy atom. The number of ether oxygens (including phenoxy) is 2. The van der Waals surface area contributed by atoms with E-state index in [1.54, 1.807) is 0 Å².